The number of halogens is 4. The van der Waals surface area contributed by atoms with Crippen LogP contribution in [0.15, 0.2) is 30.3 Å². The average Bonchev–Trinajstić information content (AvgIpc) is 2.61. The number of esters is 1. The zero-order valence-corrected chi connectivity index (χ0v) is 13.3. The highest BCUT2D eigenvalue weighted by Gasteiger charge is 2.38. The summed E-state index contributed by atoms with van der Waals surface area (Å²) < 4.78 is 62.1. The molecule has 0 N–H and O–H groups in total. The van der Waals surface area contributed by atoms with Crippen molar-refractivity contribution in [3.8, 4) is 11.5 Å². The molecule has 0 bridgehead atoms. The topological polar surface area (TPSA) is 107 Å². The number of ether oxygens (including phenoxy) is 2. The summed E-state index contributed by atoms with van der Waals surface area (Å²) in [5, 5.41) is 19.8. The second-order valence-electron chi connectivity index (χ2n) is 4.90. The molecule has 0 spiro atoms. The fourth-order valence-corrected chi connectivity index (χ4v) is 2.07. The molecule has 0 fully saturated rings. The smallest absolute Gasteiger partial charge is 0.430 e. The van der Waals surface area contributed by atoms with E-state index in [1.807, 2.05) is 0 Å². The molecular weight excluding hydrogens is 378 g/mol. The van der Waals surface area contributed by atoms with Crippen LogP contribution in [0, 0.1) is 21.3 Å². The molecule has 27 heavy (non-hydrogen) atoms. The van der Waals surface area contributed by atoms with E-state index in [0.29, 0.717) is 12.1 Å². The summed E-state index contributed by atoms with van der Waals surface area (Å²) in [6.45, 7) is 0. The van der Waals surface area contributed by atoms with Crippen LogP contribution in [0.4, 0.5) is 28.9 Å². The quantitative estimate of drug-likeness (QED) is 0.245. The molecule has 8 nitrogen and oxygen atoms in total. The standard InChI is InChI=1S/C15H8F4N3O5/c1-26-14(23)8-6-7(2-5-11(8)22(24)25)27-13-10(21-20)4-3-9(12(13)16)15(17,18)19/h2-6H,1H3/q+1. The highest BCUT2D eigenvalue weighted by atomic mass is 19.4. The van der Waals surface area contributed by atoms with Crippen molar-refractivity contribution in [3.63, 3.8) is 0 Å². The van der Waals surface area contributed by atoms with Crippen LogP contribution in [0.1, 0.15) is 15.9 Å². The van der Waals surface area contributed by atoms with Crippen LogP contribution in [0.25, 0.3) is 4.98 Å². The molecule has 0 heterocycles. The van der Waals surface area contributed by atoms with Gasteiger partial charge in [0, 0.05) is 18.2 Å². The maximum Gasteiger partial charge on any atom is 0.430 e. The van der Waals surface area contributed by atoms with Gasteiger partial charge in [0.1, 0.15) is 11.3 Å². The van der Waals surface area contributed by atoms with Gasteiger partial charge < -0.3 is 9.47 Å². The molecule has 0 atom stereocenters. The summed E-state index contributed by atoms with van der Waals surface area (Å²) in [4.78, 5) is 24.3. The Balaban J connectivity index is 2.59. The molecule has 0 aliphatic carbocycles. The van der Waals surface area contributed by atoms with Crippen molar-refractivity contribution in [1.29, 1.82) is 5.39 Å². The number of diazo groups is 1. The predicted molar refractivity (Wildman–Crippen MR) is 80.7 cm³/mol. The van der Waals surface area contributed by atoms with Crippen molar-refractivity contribution in [2.45, 2.75) is 6.18 Å². The van der Waals surface area contributed by atoms with Crippen LogP contribution < -0.4 is 4.74 Å². The molecule has 0 saturated carbocycles. The molecule has 0 aliphatic heterocycles. The molecular formula is C15H8F4N3O5+. The molecule has 0 aromatic heterocycles. The lowest BCUT2D eigenvalue weighted by molar-refractivity contribution is -0.385. The van der Waals surface area contributed by atoms with Gasteiger partial charge in [0.25, 0.3) is 11.4 Å². The van der Waals surface area contributed by atoms with Crippen molar-refractivity contribution in [1.82, 2.24) is 0 Å². The summed E-state index contributed by atoms with van der Waals surface area (Å²) in [5.41, 5.74) is -3.58. The maximum atomic E-state index is 14.2. The van der Waals surface area contributed by atoms with E-state index in [2.05, 4.69) is 9.71 Å². The first kappa shape index (κ1) is 19.6. The Morgan fingerprint density at radius 3 is 2.44 bits per heavy atom. The van der Waals surface area contributed by atoms with Crippen molar-refractivity contribution in [3.05, 3.63) is 62.4 Å². The Kier molecular flexibility index (Phi) is 5.25. The minimum Gasteiger partial charge on any atom is -0.465 e. The number of nitro benzene ring substituents is 1. The van der Waals surface area contributed by atoms with Crippen LogP contribution in [-0.4, -0.2) is 18.0 Å². The number of alkyl halides is 3. The third kappa shape index (κ3) is 3.92. The van der Waals surface area contributed by atoms with E-state index in [-0.39, 0.29) is 0 Å². The number of benzene rings is 2. The van der Waals surface area contributed by atoms with Crippen molar-refractivity contribution < 1.29 is 36.8 Å². The second-order valence-corrected chi connectivity index (χ2v) is 4.90. The van der Waals surface area contributed by atoms with Crippen LogP contribution in [0.2, 0.25) is 0 Å². The van der Waals surface area contributed by atoms with Crippen LogP contribution >= 0.6 is 0 Å². The van der Waals surface area contributed by atoms with E-state index in [1.54, 1.807) is 0 Å². The molecule has 140 valence electrons. The minimum absolute atomic E-state index is 0.354. The van der Waals surface area contributed by atoms with Crippen molar-refractivity contribution >= 4 is 17.3 Å². The largest absolute Gasteiger partial charge is 0.465 e. The number of carbonyl (C=O) groups is 1. The fourth-order valence-electron chi connectivity index (χ4n) is 2.07. The third-order valence-electron chi connectivity index (χ3n) is 3.28. The lowest BCUT2D eigenvalue weighted by Gasteiger charge is -2.11. The molecule has 0 unspecified atom stereocenters. The van der Waals surface area contributed by atoms with Gasteiger partial charge in [-0.3, -0.25) is 10.1 Å². The van der Waals surface area contributed by atoms with E-state index in [4.69, 9.17) is 10.1 Å². The number of nitrogens with zero attached hydrogens (tertiary/aromatic N) is 3. The molecule has 12 heteroatoms. The first-order chi connectivity index (χ1) is 12.6. The molecule has 0 aliphatic rings. The summed E-state index contributed by atoms with van der Waals surface area (Å²) in [7, 11) is 0.953. The Morgan fingerprint density at radius 2 is 1.93 bits per heavy atom. The Hall–Kier alpha value is -3.75. The Morgan fingerprint density at radius 1 is 1.26 bits per heavy atom. The van der Waals surface area contributed by atoms with Gasteiger partial charge in [-0.15, -0.1) is 0 Å². The number of hydrogen-bond acceptors (Lipinski definition) is 6. The van der Waals surface area contributed by atoms with Gasteiger partial charge in [-0.2, -0.15) is 13.2 Å². The second kappa shape index (κ2) is 7.24. The lowest BCUT2D eigenvalue weighted by Crippen LogP contribution is -2.09. The highest BCUT2D eigenvalue weighted by molar-refractivity contribution is 5.94. The van der Waals surface area contributed by atoms with Crippen molar-refractivity contribution in [2.75, 3.05) is 7.11 Å². The Bertz CT molecular complexity index is 969. The van der Waals surface area contributed by atoms with Gasteiger partial charge in [-0.1, -0.05) is 0 Å². The zero-order chi connectivity index (χ0) is 20.4. The summed E-state index contributed by atoms with van der Waals surface area (Å²) in [6, 6.07) is 3.54. The van der Waals surface area contributed by atoms with Gasteiger partial charge in [0.2, 0.25) is 5.39 Å². The molecule has 0 saturated heterocycles. The number of rotatable bonds is 4. The van der Waals surface area contributed by atoms with Crippen LogP contribution in [0.5, 0.6) is 11.5 Å². The van der Waals surface area contributed by atoms with E-state index in [9.17, 15) is 32.5 Å². The summed E-state index contributed by atoms with van der Waals surface area (Å²) in [6.07, 6.45) is -5.05. The van der Waals surface area contributed by atoms with E-state index >= 15 is 0 Å². The van der Waals surface area contributed by atoms with E-state index in [1.165, 1.54) is 0 Å². The Labute approximate surface area is 147 Å². The monoisotopic (exact) mass is 386 g/mol. The summed E-state index contributed by atoms with van der Waals surface area (Å²) in [5.74, 6) is -4.50. The molecule has 0 amide bonds. The minimum atomic E-state index is -5.05. The number of carbonyl (C=O) groups excluding carboxylic acids is 1. The summed E-state index contributed by atoms with van der Waals surface area (Å²) >= 11 is 0. The predicted octanol–water partition coefficient (Wildman–Crippen LogP) is 4.82. The van der Waals surface area contributed by atoms with Gasteiger partial charge in [0.15, 0.2) is 10.8 Å². The molecule has 2 aromatic carbocycles. The molecule has 2 rings (SSSR count). The van der Waals surface area contributed by atoms with Gasteiger partial charge >= 0.3 is 17.8 Å². The van der Waals surface area contributed by atoms with Gasteiger partial charge in [0.05, 0.1) is 17.6 Å². The SMILES string of the molecule is COC(=O)c1cc(Oc2c([N+]#N)ccc(C(F)(F)F)c2F)ccc1[N+](=O)[O-]. The van der Waals surface area contributed by atoms with E-state index < -0.39 is 56.9 Å². The zero-order valence-electron chi connectivity index (χ0n) is 13.3. The maximum absolute atomic E-state index is 14.2. The van der Waals surface area contributed by atoms with E-state index in [0.717, 1.165) is 25.3 Å². The average molecular weight is 386 g/mol. The van der Waals surface area contributed by atoms with Crippen LogP contribution in [0.3, 0.4) is 0 Å². The lowest BCUT2D eigenvalue weighted by atomic mass is 10.1. The van der Waals surface area contributed by atoms with Crippen molar-refractivity contribution in [2.24, 2.45) is 0 Å². The van der Waals surface area contributed by atoms with Gasteiger partial charge in [-0.05, 0) is 12.1 Å². The number of methoxy groups -OCH3 is 1. The molecule has 2 aromatic rings. The first-order valence-electron chi connectivity index (χ1n) is 6.89. The number of nitro groups is 1. The van der Waals surface area contributed by atoms with Gasteiger partial charge in [-0.25, -0.2) is 9.18 Å². The van der Waals surface area contributed by atoms with Crippen LogP contribution in [-0.2, 0) is 10.9 Å². The third-order valence-corrected chi connectivity index (χ3v) is 3.28. The normalized spacial score (nSPS) is 10.8. The first-order valence-corrected chi connectivity index (χ1v) is 6.89. The fraction of sp³-hybridized carbons (Fsp3) is 0.133. The molecule has 0 radical (unpaired) electrons. The highest BCUT2D eigenvalue weighted by Crippen LogP contribution is 2.42. The number of hydrogen-bond donors (Lipinski definition) is 0.